The molecule has 0 atom stereocenters. The van der Waals surface area contributed by atoms with E-state index in [1.54, 1.807) is 51.7 Å². The van der Waals surface area contributed by atoms with Gasteiger partial charge in [-0.05, 0) is 36.4 Å². The molecule has 0 unspecified atom stereocenters. The molecule has 7 heteroatoms. The van der Waals surface area contributed by atoms with Gasteiger partial charge in [0.1, 0.15) is 11.6 Å². The lowest BCUT2D eigenvalue weighted by Crippen LogP contribution is -2.01. The minimum Gasteiger partial charge on any atom is -0.493 e. The number of nitrogens with zero attached hydrogens (tertiary/aromatic N) is 2. The van der Waals surface area contributed by atoms with E-state index in [2.05, 4.69) is 5.10 Å². The average molecular weight is 343 g/mol. The molecule has 0 spiro atoms. The van der Waals surface area contributed by atoms with E-state index in [1.807, 2.05) is 0 Å². The molecule has 3 rings (SSSR count). The van der Waals surface area contributed by atoms with Crippen molar-refractivity contribution in [3.05, 3.63) is 48.3 Å². The highest BCUT2D eigenvalue weighted by Crippen LogP contribution is 2.41. The number of nitrogen functional groups attached to an aromatic ring is 1. The molecule has 25 heavy (non-hydrogen) atoms. The average Bonchev–Trinajstić information content (AvgIpc) is 3.02. The monoisotopic (exact) mass is 343 g/mol. The summed E-state index contributed by atoms with van der Waals surface area (Å²) in [7, 11) is 4.64. The van der Waals surface area contributed by atoms with Crippen LogP contribution in [0, 0.1) is 5.82 Å². The molecule has 1 heterocycles. The third-order valence-electron chi connectivity index (χ3n) is 3.77. The number of rotatable bonds is 5. The Morgan fingerprint density at radius 2 is 1.52 bits per heavy atom. The zero-order chi connectivity index (χ0) is 18.0. The summed E-state index contributed by atoms with van der Waals surface area (Å²) in [6.07, 6.45) is 0. The zero-order valence-corrected chi connectivity index (χ0v) is 14.1. The van der Waals surface area contributed by atoms with E-state index in [0.717, 1.165) is 5.56 Å². The van der Waals surface area contributed by atoms with Crippen molar-refractivity contribution in [1.82, 2.24) is 9.78 Å². The minimum atomic E-state index is -0.320. The molecule has 0 radical (unpaired) electrons. The summed E-state index contributed by atoms with van der Waals surface area (Å²) in [6.45, 7) is 0. The number of hydrogen-bond acceptors (Lipinski definition) is 5. The molecule has 0 aliphatic rings. The van der Waals surface area contributed by atoms with E-state index in [4.69, 9.17) is 19.9 Å². The third kappa shape index (κ3) is 3.08. The first-order valence-corrected chi connectivity index (χ1v) is 7.49. The summed E-state index contributed by atoms with van der Waals surface area (Å²) in [5.74, 6) is 1.65. The first-order chi connectivity index (χ1) is 12.1. The van der Waals surface area contributed by atoms with Crippen molar-refractivity contribution in [1.29, 1.82) is 0 Å². The summed E-state index contributed by atoms with van der Waals surface area (Å²) < 4.78 is 30.7. The van der Waals surface area contributed by atoms with Gasteiger partial charge < -0.3 is 19.9 Å². The van der Waals surface area contributed by atoms with E-state index in [1.165, 1.54) is 16.8 Å². The van der Waals surface area contributed by atoms with Gasteiger partial charge in [0, 0.05) is 11.6 Å². The molecule has 130 valence electrons. The van der Waals surface area contributed by atoms with Crippen LogP contribution in [0.5, 0.6) is 17.2 Å². The molecule has 0 aliphatic carbocycles. The topological polar surface area (TPSA) is 71.5 Å². The van der Waals surface area contributed by atoms with Crippen molar-refractivity contribution < 1.29 is 18.6 Å². The number of methoxy groups -OCH3 is 3. The van der Waals surface area contributed by atoms with E-state index in [-0.39, 0.29) is 5.82 Å². The van der Waals surface area contributed by atoms with Crippen molar-refractivity contribution in [3.8, 4) is 34.2 Å². The van der Waals surface area contributed by atoms with Gasteiger partial charge in [-0.25, -0.2) is 9.07 Å². The van der Waals surface area contributed by atoms with E-state index in [0.29, 0.717) is 34.4 Å². The second-order valence-electron chi connectivity index (χ2n) is 5.26. The maximum atomic E-state index is 13.1. The van der Waals surface area contributed by atoms with Crippen molar-refractivity contribution in [3.63, 3.8) is 0 Å². The molecule has 0 bridgehead atoms. The minimum absolute atomic E-state index is 0.320. The lowest BCUT2D eigenvalue weighted by atomic mass is 10.1. The van der Waals surface area contributed by atoms with Gasteiger partial charge in [0.05, 0.1) is 32.7 Å². The van der Waals surface area contributed by atoms with Gasteiger partial charge in [0.15, 0.2) is 11.5 Å². The molecule has 2 N–H and O–H groups in total. The van der Waals surface area contributed by atoms with Crippen LogP contribution in [0.15, 0.2) is 42.5 Å². The Labute approximate surface area is 144 Å². The molecule has 0 aliphatic heterocycles. The third-order valence-corrected chi connectivity index (χ3v) is 3.77. The van der Waals surface area contributed by atoms with Gasteiger partial charge in [0.2, 0.25) is 5.75 Å². The molecule has 0 saturated heterocycles. The Bertz CT molecular complexity index is 866. The SMILES string of the molecule is COc1cc(-c2cc(N)n(-c3ccc(F)cc3)n2)cc(OC)c1OC. The van der Waals surface area contributed by atoms with Crippen LogP contribution in [-0.2, 0) is 0 Å². The number of hydrogen-bond donors (Lipinski definition) is 1. The second-order valence-corrected chi connectivity index (χ2v) is 5.26. The van der Waals surface area contributed by atoms with Crippen LogP contribution in [-0.4, -0.2) is 31.1 Å². The standard InChI is InChI=1S/C18H18FN3O3/c1-23-15-8-11(9-16(24-2)18(15)25-3)14-10-17(20)22(21-14)13-6-4-12(19)5-7-13/h4-10H,20H2,1-3H3. The summed E-state index contributed by atoms with van der Waals surface area (Å²) >= 11 is 0. The van der Waals surface area contributed by atoms with Gasteiger partial charge in [-0.1, -0.05) is 0 Å². The summed E-state index contributed by atoms with van der Waals surface area (Å²) in [4.78, 5) is 0. The first-order valence-electron chi connectivity index (χ1n) is 7.49. The van der Waals surface area contributed by atoms with Crippen molar-refractivity contribution in [2.75, 3.05) is 27.1 Å². The predicted molar refractivity (Wildman–Crippen MR) is 93.0 cm³/mol. The number of halogens is 1. The maximum absolute atomic E-state index is 13.1. The molecular weight excluding hydrogens is 325 g/mol. The van der Waals surface area contributed by atoms with Crippen LogP contribution in [0.2, 0.25) is 0 Å². The Balaban J connectivity index is 2.08. The fraction of sp³-hybridized carbons (Fsp3) is 0.167. The van der Waals surface area contributed by atoms with E-state index >= 15 is 0 Å². The van der Waals surface area contributed by atoms with Gasteiger partial charge in [-0.3, -0.25) is 0 Å². The number of benzene rings is 2. The van der Waals surface area contributed by atoms with Crippen LogP contribution in [0.1, 0.15) is 0 Å². The smallest absolute Gasteiger partial charge is 0.203 e. The molecule has 0 saturated carbocycles. The highest BCUT2D eigenvalue weighted by molar-refractivity contribution is 5.70. The number of aromatic nitrogens is 2. The van der Waals surface area contributed by atoms with Crippen molar-refractivity contribution >= 4 is 5.82 Å². The fourth-order valence-corrected chi connectivity index (χ4v) is 2.55. The van der Waals surface area contributed by atoms with Crippen LogP contribution in [0.3, 0.4) is 0 Å². The van der Waals surface area contributed by atoms with Gasteiger partial charge in [0.25, 0.3) is 0 Å². The Kier molecular flexibility index (Phi) is 4.47. The summed E-state index contributed by atoms with van der Waals surface area (Å²) in [5, 5.41) is 4.50. The zero-order valence-electron chi connectivity index (χ0n) is 14.1. The number of ether oxygens (including phenoxy) is 3. The molecule has 0 fully saturated rings. The molecular formula is C18H18FN3O3. The number of anilines is 1. The van der Waals surface area contributed by atoms with Crippen LogP contribution >= 0.6 is 0 Å². The fourth-order valence-electron chi connectivity index (χ4n) is 2.55. The van der Waals surface area contributed by atoms with Crippen molar-refractivity contribution in [2.24, 2.45) is 0 Å². The summed E-state index contributed by atoms with van der Waals surface area (Å²) in [5.41, 5.74) is 8.11. The largest absolute Gasteiger partial charge is 0.493 e. The Morgan fingerprint density at radius 3 is 2.04 bits per heavy atom. The van der Waals surface area contributed by atoms with Gasteiger partial charge in [-0.15, -0.1) is 0 Å². The van der Waals surface area contributed by atoms with Crippen molar-refractivity contribution in [2.45, 2.75) is 0 Å². The highest BCUT2D eigenvalue weighted by atomic mass is 19.1. The summed E-state index contributed by atoms with van der Waals surface area (Å²) in [6, 6.07) is 11.2. The lowest BCUT2D eigenvalue weighted by molar-refractivity contribution is 0.324. The molecule has 0 amide bonds. The first kappa shape index (κ1) is 16.6. The van der Waals surface area contributed by atoms with E-state index in [9.17, 15) is 4.39 Å². The Morgan fingerprint density at radius 1 is 0.920 bits per heavy atom. The molecule has 6 nitrogen and oxygen atoms in total. The van der Waals surface area contributed by atoms with Gasteiger partial charge >= 0.3 is 0 Å². The predicted octanol–water partition coefficient (Wildman–Crippen LogP) is 3.29. The van der Waals surface area contributed by atoms with E-state index < -0.39 is 0 Å². The number of nitrogens with two attached hydrogens (primary N) is 1. The normalized spacial score (nSPS) is 10.6. The molecule has 2 aromatic carbocycles. The van der Waals surface area contributed by atoms with Crippen LogP contribution < -0.4 is 19.9 Å². The highest BCUT2D eigenvalue weighted by Gasteiger charge is 2.16. The lowest BCUT2D eigenvalue weighted by Gasteiger charge is -2.13. The quantitative estimate of drug-likeness (QED) is 0.770. The van der Waals surface area contributed by atoms with Gasteiger partial charge in [-0.2, -0.15) is 5.10 Å². The molecule has 1 aromatic heterocycles. The van der Waals surface area contributed by atoms with Crippen LogP contribution in [0.4, 0.5) is 10.2 Å². The van der Waals surface area contributed by atoms with Crippen LogP contribution in [0.25, 0.3) is 16.9 Å². The molecule has 3 aromatic rings. The Hall–Kier alpha value is -3.22. The maximum Gasteiger partial charge on any atom is 0.203 e. The second kappa shape index (κ2) is 6.72.